The summed E-state index contributed by atoms with van der Waals surface area (Å²) in [4.78, 5) is 7.43. The smallest absolute Gasteiger partial charge is 0.124 e. The van der Waals surface area contributed by atoms with Crippen LogP contribution in [0.1, 0.15) is 48.9 Å². The molecule has 6 aromatic rings. The third-order valence-corrected chi connectivity index (χ3v) is 10.1. The molecule has 0 saturated carbocycles. The van der Waals surface area contributed by atoms with E-state index in [9.17, 15) is 0 Å². The van der Waals surface area contributed by atoms with E-state index in [2.05, 4.69) is 142 Å². The summed E-state index contributed by atoms with van der Waals surface area (Å²) in [7, 11) is 0. The van der Waals surface area contributed by atoms with Crippen molar-refractivity contribution in [3.63, 3.8) is 0 Å². The molecule has 0 saturated heterocycles. The Balaban J connectivity index is 1.40. The summed E-state index contributed by atoms with van der Waals surface area (Å²) < 4.78 is 1.24. The van der Waals surface area contributed by atoms with Crippen LogP contribution in [0, 0.1) is 13.8 Å². The summed E-state index contributed by atoms with van der Waals surface area (Å²) in [6.45, 7) is 9.10. The van der Waals surface area contributed by atoms with Crippen LogP contribution in [-0.4, -0.2) is 4.98 Å². The lowest BCUT2D eigenvalue weighted by molar-refractivity contribution is 0.490. The lowest BCUT2D eigenvalue weighted by Gasteiger charge is -2.32. The largest absolute Gasteiger partial charge is 0.310 e. The fraction of sp³-hybridized carbons (Fsp3) is 0.184. The van der Waals surface area contributed by atoms with Gasteiger partial charge >= 0.3 is 0 Å². The van der Waals surface area contributed by atoms with Crippen LogP contribution in [-0.2, 0) is 5.41 Å². The van der Waals surface area contributed by atoms with Crippen molar-refractivity contribution in [2.24, 2.45) is 0 Å². The van der Waals surface area contributed by atoms with Crippen LogP contribution < -0.4 is 4.90 Å². The highest BCUT2D eigenvalue weighted by atomic mass is 32.1. The Morgan fingerprint density at radius 3 is 1.88 bits per heavy atom. The molecule has 2 nitrogen and oxygen atoms in total. The van der Waals surface area contributed by atoms with Crippen LogP contribution in [0.2, 0.25) is 0 Å². The molecule has 0 aliphatic heterocycles. The Morgan fingerprint density at radius 1 is 0.659 bits per heavy atom. The topological polar surface area (TPSA) is 16.1 Å². The highest BCUT2D eigenvalue weighted by molar-refractivity contribution is 7.21. The SMILES string of the molecule is CCC1(CC)c2cc(-c3nc4ccccc4s3)ccc2-c2ccc(N(c3ccccc3C)c3ccccc3C)cc21. The Hall–Kier alpha value is -4.21. The van der Waals surface area contributed by atoms with Crippen molar-refractivity contribution in [1.82, 2.24) is 4.98 Å². The van der Waals surface area contributed by atoms with Gasteiger partial charge in [0, 0.05) is 28.0 Å². The number of hydrogen-bond acceptors (Lipinski definition) is 3. The summed E-state index contributed by atoms with van der Waals surface area (Å²) in [5.74, 6) is 0. The predicted octanol–water partition coefficient (Wildman–Crippen LogP) is 11.1. The lowest BCUT2D eigenvalue weighted by atomic mass is 9.73. The van der Waals surface area contributed by atoms with Gasteiger partial charge in [-0.05, 0) is 103 Å². The maximum Gasteiger partial charge on any atom is 0.124 e. The van der Waals surface area contributed by atoms with Crippen molar-refractivity contribution >= 4 is 38.6 Å². The number of rotatable bonds is 6. The van der Waals surface area contributed by atoms with Gasteiger partial charge in [0.25, 0.3) is 0 Å². The van der Waals surface area contributed by atoms with E-state index in [4.69, 9.17) is 4.98 Å². The van der Waals surface area contributed by atoms with Crippen molar-refractivity contribution in [2.75, 3.05) is 4.90 Å². The molecule has 1 aliphatic rings. The molecule has 0 fully saturated rings. The molecule has 1 aromatic heterocycles. The number of anilines is 3. The van der Waals surface area contributed by atoms with Crippen LogP contribution in [0.15, 0.2) is 109 Å². The van der Waals surface area contributed by atoms with Gasteiger partial charge in [0.05, 0.1) is 10.2 Å². The van der Waals surface area contributed by atoms with Crippen LogP contribution in [0.5, 0.6) is 0 Å². The molecule has 0 unspecified atom stereocenters. The van der Waals surface area contributed by atoms with Crippen molar-refractivity contribution in [3.8, 4) is 21.7 Å². The minimum Gasteiger partial charge on any atom is -0.310 e. The molecular weight excluding hydrogens is 516 g/mol. The average molecular weight is 551 g/mol. The van der Waals surface area contributed by atoms with E-state index in [1.807, 2.05) is 0 Å². The first-order valence-corrected chi connectivity index (χ1v) is 15.4. The highest BCUT2D eigenvalue weighted by Gasteiger charge is 2.41. The molecule has 1 aliphatic carbocycles. The average Bonchev–Trinajstić information content (AvgIpc) is 3.56. The number of fused-ring (bicyclic) bond motifs is 4. The summed E-state index contributed by atoms with van der Waals surface area (Å²) in [6, 6.07) is 40.0. The maximum atomic E-state index is 4.99. The van der Waals surface area contributed by atoms with Crippen LogP contribution in [0.25, 0.3) is 31.9 Å². The molecule has 0 radical (unpaired) electrons. The second-order valence-electron chi connectivity index (χ2n) is 11.2. The molecule has 0 spiro atoms. The van der Waals surface area contributed by atoms with E-state index < -0.39 is 0 Å². The van der Waals surface area contributed by atoms with Crippen LogP contribution in [0.4, 0.5) is 17.1 Å². The second-order valence-corrected chi connectivity index (χ2v) is 12.2. The summed E-state index contributed by atoms with van der Waals surface area (Å²) >= 11 is 1.78. The third kappa shape index (κ3) is 4.02. The van der Waals surface area contributed by atoms with Crippen molar-refractivity contribution in [1.29, 1.82) is 0 Å². The zero-order chi connectivity index (χ0) is 28.1. The number of aromatic nitrogens is 1. The van der Waals surface area contributed by atoms with E-state index in [1.54, 1.807) is 11.3 Å². The third-order valence-electron chi connectivity index (χ3n) is 9.06. The fourth-order valence-corrected chi connectivity index (χ4v) is 7.76. The van der Waals surface area contributed by atoms with Gasteiger partial charge in [-0.2, -0.15) is 0 Å². The maximum absolute atomic E-state index is 4.99. The number of hydrogen-bond donors (Lipinski definition) is 0. The molecule has 0 N–H and O–H groups in total. The number of nitrogens with zero attached hydrogens (tertiary/aromatic N) is 2. The molecule has 5 aromatic carbocycles. The van der Waals surface area contributed by atoms with Gasteiger partial charge in [0.15, 0.2) is 0 Å². The minimum absolute atomic E-state index is 0.0451. The fourth-order valence-electron chi connectivity index (χ4n) is 6.80. The number of benzene rings is 5. The molecular formula is C38H34N2S. The predicted molar refractivity (Wildman–Crippen MR) is 176 cm³/mol. The molecule has 7 rings (SSSR count). The number of para-hydroxylation sites is 3. The van der Waals surface area contributed by atoms with Gasteiger partial charge in [-0.25, -0.2) is 4.98 Å². The monoisotopic (exact) mass is 550 g/mol. The van der Waals surface area contributed by atoms with Gasteiger partial charge in [0.2, 0.25) is 0 Å². The van der Waals surface area contributed by atoms with Gasteiger partial charge in [-0.1, -0.05) is 80.6 Å². The van der Waals surface area contributed by atoms with Crippen molar-refractivity contribution in [2.45, 2.75) is 46.0 Å². The summed E-state index contributed by atoms with van der Waals surface area (Å²) in [5.41, 5.74) is 14.0. The normalized spacial score (nSPS) is 13.3. The molecule has 202 valence electrons. The van der Waals surface area contributed by atoms with E-state index in [-0.39, 0.29) is 5.41 Å². The molecule has 0 bridgehead atoms. The summed E-state index contributed by atoms with van der Waals surface area (Å²) in [6.07, 6.45) is 2.09. The Bertz CT molecular complexity index is 1830. The zero-order valence-corrected chi connectivity index (χ0v) is 24.9. The Kier molecular flexibility index (Phi) is 6.28. The lowest BCUT2D eigenvalue weighted by Crippen LogP contribution is -2.23. The first-order chi connectivity index (χ1) is 20.0. The highest BCUT2D eigenvalue weighted by Crippen LogP contribution is 2.55. The van der Waals surface area contributed by atoms with Gasteiger partial charge in [-0.3, -0.25) is 0 Å². The second kappa shape index (κ2) is 10.0. The van der Waals surface area contributed by atoms with Gasteiger partial charge in [0.1, 0.15) is 5.01 Å². The van der Waals surface area contributed by atoms with Crippen molar-refractivity contribution < 1.29 is 0 Å². The van der Waals surface area contributed by atoms with Crippen LogP contribution in [0.3, 0.4) is 0 Å². The Morgan fingerprint density at radius 2 is 1.24 bits per heavy atom. The van der Waals surface area contributed by atoms with E-state index in [0.29, 0.717) is 0 Å². The number of thiazole rings is 1. The molecule has 3 heteroatoms. The first-order valence-electron chi connectivity index (χ1n) is 14.6. The molecule has 0 amide bonds. The van der Waals surface area contributed by atoms with Crippen LogP contribution >= 0.6 is 11.3 Å². The van der Waals surface area contributed by atoms with Gasteiger partial charge < -0.3 is 4.90 Å². The van der Waals surface area contributed by atoms with E-state index >= 15 is 0 Å². The van der Waals surface area contributed by atoms with Gasteiger partial charge in [-0.15, -0.1) is 11.3 Å². The molecule has 41 heavy (non-hydrogen) atoms. The van der Waals surface area contributed by atoms with Crippen molar-refractivity contribution in [3.05, 3.63) is 131 Å². The minimum atomic E-state index is -0.0451. The van der Waals surface area contributed by atoms with E-state index in [0.717, 1.165) is 23.4 Å². The Labute approximate surface area is 247 Å². The zero-order valence-electron chi connectivity index (χ0n) is 24.1. The number of aryl methyl sites for hydroxylation is 2. The standard InChI is InChI=1S/C38H34N2S/c1-5-38(6-2)31-23-27(37-39-33-15-9-12-18-36(33)41-37)19-21-29(31)30-22-20-28(24-32(30)38)40(34-16-10-7-13-25(34)3)35-17-11-8-14-26(35)4/h7-24H,5-6H2,1-4H3. The quantitative estimate of drug-likeness (QED) is 0.205. The first kappa shape index (κ1) is 25.7. The summed E-state index contributed by atoms with van der Waals surface area (Å²) in [5, 5.41) is 1.09. The molecule has 1 heterocycles. The molecule has 0 atom stereocenters. The van der Waals surface area contributed by atoms with E-state index in [1.165, 1.54) is 60.7 Å².